The molecule has 0 saturated carbocycles. The quantitative estimate of drug-likeness (QED) is 0.634. The molecule has 0 radical (unpaired) electrons. The molecule has 160 valence electrons. The number of hydrogen-bond donors (Lipinski definition) is 3. The van der Waals surface area contributed by atoms with Crippen molar-refractivity contribution in [3.05, 3.63) is 44.6 Å². The van der Waals surface area contributed by atoms with Gasteiger partial charge in [-0.3, -0.25) is 18.7 Å². The summed E-state index contributed by atoms with van der Waals surface area (Å²) in [4.78, 5) is 40.1. The molecule has 1 amide bonds. The molecule has 10 heteroatoms. The van der Waals surface area contributed by atoms with Crippen LogP contribution in [0, 0.1) is 0 Å². The molecule has 0 saturated heterocycles. The molecular weight excluding hydrogens is 404 g/mol. The van der Waals surface area contributed by atoms with Crippen LogP contribution in [0.25, 0.3) is 0 Å². The molecule has 0 fully saturated rings. The highest BCUT2D eigenvalue weighted by atomic mass is 32.2. The van der Waals surface area contributed by atoms with Gasteiger partial charge in [-0.15, -0.1) is 0 Å². The first kappa shape index (κ1) is 20.4. The Balaban J connectivity index is 1.41. The molecule has 0 aliphatic carbocycles. The smallest absolute Gasteiger partial charge is 0.332 e. The number of amides is 1. The van der Waals surface area contributed by atoms with E-state index in [1.54, 1.807) is 23.7 Å². The van der Waals surface area contributed by atoms with Crippen molar-refractivity contribution >= 4 is 34.9 Å². The van der Waals surface area contributed by atoms with E-state index in [0.29, 0.717) is 18.2 Å². The van der Waals surface area contributed by atoms with Crippen LogP contribution in [-0.4, -0.2) is 33.8 Å². The van der Waals surface area contributed by atoms with Crippen LogP contribution in [0.3, 0.4) is 0 Å². The van der Waals surface area contributed by atoms with Crippen molar-refractivity contribution in [2.45, 2.75) is 36.6 Å². The van der Waals surface area contributed by atoms with Gasteiger partial charge in [0.15, 0.2) is 5.50 Å². The lowest BCUT2D eigenvalue weighted by atomic mass is 10.1. The Bertz CT molecular complexity index is 1110. The van der Waals surface area contributed by atoms with E-state index in [1.807, 2.05) is 0 Å². The molecule has 3 N–H and O–H groups in total. The van der Waals surface area contributed by atoms with Crippen molar-refractivity contribution in [1.29, 1.82) is 0 Å². The van der Waals surface area contributed by atoms with Crippen molar-refractivity contribution in [3.8, 4) is 0 Å². The molecule has 1 atom stereocenters. The number of unbranched alkanes of at least 4 members (excludes halogenated alkanes) is 1. The number of rotatable bonds is 6. The minimum atomic E-state index is -0.411. The van der Waals surface area contributed by atoms with Gasteiger partial charge in [0.1, 0.15) is 11.5 Å². The van der Waals surface area contributed by atoms with Crippen LogP contribution in [0.4, 0.5) is 17.2 Å². The first-order valence-electron chi connectivity index (χ1n) is 10.0. The minimum absolute atomic E-state index is 0.0181. The normalized spacial score (nSPS) is 16.6. The predicted molar refractivity (Wildman–Crippen MR) is 119 cm³/mol. The summed E-state index contributed by atoms with van der Waals surface area (Å²) >= 11 is 1.58. The lowest BCUT2D eigenvalue weighted by molar-refractivity contribution is -0.119. The molecule has 0 bridgehead atoms. The van der Waals surface area contributed by atoms with Crippen molar-refractivity contribution in [3.63, 3.8) is 0 Å². The molecular formula is C20H26N6O3S. The van der Waals surface area contributed by atoms with Crippen LogP contribution in [0.2, 0.25) is 0 Å². The summed E-state index contributed by atoms with van der Waals surface area (Å²) < 4.78 is 2.44. The highest BCUT2D eigenvalue weighted by Gasteiger charge is 2.29. The monoisotopic (exact) mass is 430 g/mol. The highest BCUT2D eigenvalue weighted by Crippen LogP contribution is 2.38. The Kier molecular flexibility index (Phi) is 5.50. The second-order valence-corrected chi connectivity index (χ2v) is 8.73. The number of nitrogens with one attached hydrogen (secondary N) is 3. The number of aromatic nitrogens is 2. The fourth-order valence-corrected chi connectivity index (χ4v) is 4.85. The van der Waals surface area contributed by atoms with Gasteiger partial charge in [-0.2, -0.15) is 0 Å². The van der Waals surface area contributed by atoms with Crippen LogP contribution in [0.5, 0.6) is 0 Å². The third kappa shape index (κ3) is 3.67. The molecule has 4 rings (SSSR count). The molecule has 3 heterocycles. The fourth-order valence-electron chi connectivity index (χ4n) is 3.75. The summed E-state index contributed by atoms with van der Waals surface area (Å²) in [7, 11) is 3.04. The maximum Gasteiger partial charge on any atom is 0.332 e. The van der Waals surface area contributed by atoms with Crippen LogP contribution < -0.4 is 32.1 Å². The number of carbonyl (C=O) groups is 1. The van der Waals surface area contributed by atoms with Crippen LogP contribution in [-0.2, 0) is 25.3 Å². The van der Waals surface area contributed by atoms with Crippen molar-refractivity contribution < 1.29 is 4.79 Å². The van der Waals surface area contributed by atoms with Gasteiger partial charge in [0.25, 0.3) is 5.56 Å². The lowest BCUT2D eigenvalue weighted by Crippen LogP contribution is -2.44. The Labute approximate surface area is 178 Å². The second kappa shape index (κ2) is 8.10. The third-order valence-electron chi connectivity index (χ3n) is 5.42. The number of hydrogen-bond acceptors (Lipinski definition) is 7. The van der Waals surface area contributed by atoms with Gasteiger partial charge < -0.3 is 20.9 Å². The van der Waals surface area contributed by atoms with Gasteiger partial charge in [0, 0.05) is 19.0 Å². The number of thioether (sulfide) groups is 1. The summed E-state index contributed by atoms with van der Waals surface area (Å²) in [5.74, 6) is 0.237. The van der Waals surface area contributed by atoms with Crippen LogP contribution in [0.1, 0.15) is 25.3 Å². The second-order valence-electron chi connectivity index (χ2n) is 7.58. The average Bonchev–Trinajstić information content (AvgIpc) is 3.32. The van der Waals surface area contributed by atoms with E-state index in [-0.39, 0.29) is 17.9 Å². The fraction of sp³-hybridized carbons (Fsp3) is 0.450. The van der Waals surface area contributed by atoms with Gasteiger partial charge >= 0.3 is 5.69 Å². The summed E-state index contributed by atoms with van der Waals surface area (Å²) in [5, 5.41) is 9.33. The van der Waals surface area contributed by atoms with E-state index in [4.69, 9.17) is 0 Å². The molecule has 30 heavy (non-hydrogen) atoms. The van der Waals surface area contributed by atoms with Gasteiger partial charge in [-0.05, 0) is 30.5 Å². The number of nitrogens with zero attached hydrogens (tertiary/aromatic N) is 3. The lowest BCUT2D eigenvalue weighted by Gasteiger charge is -2.19. The Morgan fingerprint density at radius 1 is 1.27 bits per heavy atom. The van der Waals surface area contributed by atoms with E-state index in [2.05, 4.69) is 41.1 Å². The number of aryl methyl sites for hydroxylation is 1. The first-order valence-corrected chi connectivity index (χ1v) is 10.9. The highest BCUT2D eigenvalue weighted by molar-refractivity contribution is 8.00. The van der Waals surface area contributed by atoms with E-state index >= 15 is 0 Å². The minimum Gasteiger partial charge on any atom is -0.356 e. The number of anilines is 3. The number of benzene rings is 1. The van der Waals surface area contributed by atoms with Crippen molar-refractivity contribution in [2.24, 2.45) is 14.1 Å². The summed E-state index contributed by atoms with van der Waals surface area (Å²) in [6.45, 7) is 2.49. The van der Waals surface area contributed by atoms with E-state index in [0.717, 1.165) is 34.4 Å². The van der Waals surface area contributed by atoms with E-state index in [1.165, 1.54) is 17.2 Å². The van der Waals surface area contributed by atoms with Gasteiger partial charge in [0.2, 0.25) is 5.91 Å². The Morgan fingerprint density at radius 2 is 2.07 bits per heavy atom. The topological polar surface area (TPSA) is 100 Å². The maximum atomic E-state index is 12.7. The molecule has 1 unspecified atom stereocenters. The zero-order valence-corrected chi connectivity index (χ0v) is 18.1. The van der Waals surface area contributed by atoms with Crippen molar-refractivity contribution in [2.75, 3.05) is 28.7 Å². The number of fused-ring (bicyclic) bond motifs is 2. The van der Waals surface area contributed by atoms with Crippen LogP contribution >= 0.6 is 11.8 Å². The summed E-state index contributed by atoms with van der Waals surface area (Å²) in [6, 6.07) is 6.36. The molecule has 9 nitrogen and oxygen atoms in total. The zero-order chi connectivity index (χ0) is 21.4. The third-order valence-corrected chi connectivity index (χ3v) is 6.48. The number of carbonyl (C=O) groups excluding carboxylic acids is 1. The first-order chi connectivity index (χ1) is 14.4. The average molecular weight is 431 g/mol. The Morgan fingerprint density at radius 3 is 2.83 bits per heavy atom. The molecule has 1 aromatic heterocycles. The molecule has 0 spiro atoms. The zero-order valence-electron chi connectivity index (χ0n) is 17.3. The van der Waals surface area contributed by atoms with Crippen LogP contribution in [0.15, 0.2) is 32.7 Å². The van der Waals surface area contributed by atoms with E-state index in [9.17, 15) is 14.4 Å². The van der Waals surface area contributed by atoms with Crippen molar-refractivity contribution in [1.82, 2.24) is 14.5 Å². The summed E-state index contributed by atoms with van der Waals surface area (Å²) in [6.07, 6.45) is 3.38. The SMILES string of the molecule is CCCCc1ccc2c(c1)SC(NC(=O)CN1CNc3c1c(=O)n(C)c(=O)n3C)N2. The molecule has 2 aliphatic heterocycles. The van der Waals surface area contributed by atoms with Gasteiger partial charge in [0.05, 0.1) is 18.9 Å². The van der Waals surface area contributed by atoms with Gasteiger partial charge in [-0.1, -0.05) is 31.2 Å². The maximum absolute atomic E-state index is 12.7. The van der Waals surface area contributed by atoms with Gasteiger partial charge in [-0.25, -0.2) is 4.79 Å². The van der Waals surface area contributed by atoms with E-state index < -0.39 is 11.2 Å². The molecule has 1 aromatic carbocycles. The predicted octanol–water partition coefficient (Wildman–Crippen LogP) is 1.23. The molecule has 2 aromatic rings. The standard InChI is InChI=1S/C20H26N6O3S/c1-4-5-6-12-7-8-13-14(9-12)30-19(22-13)23-15(27)10-26-11-21-17-16(26)18(28)25(3)20(29)24(17)2/h7-9,19,21-22H,4-6,10-11H2,1-3H3,(H,23,27). The summed E-state index contributed by atoms with van der Waals surface area (Å²) in [5.41, 5.74) is 1.59. The largest absolute Gasteiger partial charge is 0.356 e. The molecule has 2 aliphatic rings. The Hall–Kier alpha value is -2.88.